The second kappa shape index (κ2) is 13.7. The zero-order chi connectivity index (χ0) is 36.8. The van der Waals surface area contributed by atoms with E-state index < -0.39 is 73.0 Å². The summed E-state index contributed by atoms with van der Waals surface area (Å²) >= 11 is 3.34. The lowest BCUT2D eigenvalue weighted by atomic mass is 10.0. The molecule has 266 valence electrons. The number of benzene rings is 1. The number of hydrogen-bond donors (Lipinski definition) is 6. The number of nitrogens with zero attached hydrogens (tertiary/aromatic N) is 7. The maximum atomic E-state index is 13.4. The van der Waals surface area contributed by atoms with Gasteiger partial charge in [0, 0.05) is 28.6 Å². The average molecular weight is 777 g/mol. The fourth-order valence-electron chi connectivity index (χ4n) is 4.85. The van der Waals surface area contributed by atoms with Crippen LogP contribution in [0.1, 0.15) is 22.0 Å². The number of anilines is 1. The molecule has 0 aliphatic carbocycles. The van der Waals surface area contributed by atoms with E-state index >= 15 is 0 Å². The lowest BCUT2D eigenvalue weighted by molar-refractivity contribution is -0.150. The molecule has 6 rings (SSSR count). The lowest BCUT2D eigenvalue weighted by Crippen LogP contribution is -2.71. The minimum absolute atomic E-state index is 0.0489. The van der Waals surface area contributed by atoms with Crippen molar-refractivity contribution in [3.63, 3.8) is 0 Å². The van der Waals surface area contributed by atoms with Crippen LogP contribution in [0.3, 0.4) is 0 Å². The van der Waals surface area contributed by atoms with Gasteiger partial charge < -0.3 is 36.9 Å². The summed E-state index contributed by atoms with van der Waals surface area (Å²) in [7, 11) is -4.23. The van der Waals surface area contributed by atoms with E-state index in [9.17, 15) is 42.9 Å². The van der Waals surface area contributed by atoms with Crippen molar-refractivity contribution < 1.29 is 47.8 Å². The minimum atomic E-state index is -4.23. The number of aromatic hydroxyl groups is 2. The monoisotopic (exact) mass is 776 g/mol. The van der Waals surface area contributed by atoms with Crippen molar-refractivity contribution in [2.75, 3.05) is 23.2 Å². The van der Waals surface area contributed by atoms with E-state index in [2.05, 4.69) is 30.5 Å². The van der Waals surface area contributed by atoms with Gasteiger partial charge in [-0.2, -0.15) is 9.50 Å². The molecule has 1 aromatic carbocycles. The van der Waals surface area contributed by atoms with Gasteiger partial charge in [0.2, 0.25) is 21.6 Å². The number of rotatable bonds is 12. The quantitative estimate of drug-likeness (QED) is 0.0268. The third-order valence-corrected chi connectivity index (χ3v) is 11.7. The number of nitrogens with one attached hydrogen (secondary N) is 1. The van der Waals surface area contributed by atoms with Crippen molar-refractivity contribution >= 4 is 85.0 Å². The van der Waals surface area contributed by atoms with Gasteiger partial charge in [0.25, 0.3) is 23.5 Å². The maximum Gasteiger partial charge on any atom is 0.352 e. The van der Waals surface area contributed by atoms with Crippen molar-refractivity contribution in [2.24, 2.45) is 10.9 Å². The van der Waals surface area contributed by atoms with Crippen LogP contribution >= 0.6 is 34.9 Å². The number of carboxylic acid groups (broad SMARTS) is 1. The van der Waals surface area contributed by atoms with Crippen molar-refractivity contribution in [1.29, 1.82) is 0 Å². The number of phenols is 2. The normalized spacial score (nSPS) is 17.6. The van der Waals surface area contributed by atoms with Gasteiger partial charge in [-0.25, -0.2) is 23.2 Å². The van der Waals surface area contributed by atoms with Gasteiger partial charge in [-0.15, -0.1) is 40.0 Å². The number of carboxylic acids is 1. The van der Waals surface area contributed by atoms with Crippen LogP contribution in [-0.2, 0) is 29.1 Å². The predicted molar refractivity (Wildman–Crippen MR) is 180 cm³/mol. The van der Waals surface area contributed by atoms with E-state index in [1.165, 1.54) is 33.4 Å². The minimum Gasteiger partial charge on any atom is -0.504 e. The molecule has 3 amide bonds. The number of aliphatic carboxylic acids is 1. The molecule has 0 spiro atoms. The van der Waals surface area contributed by atoms with Crippen LogP contribution in [0, 0.1) is 6.92 Å². The van der Waals surface area contributed by atoms with Crippen LogP contribution in [0.5, 0.6) is 11.5 Å². The summed E-state index contributed by atoms with van der Waals surface area (Å²) < 4.78 is 26.7. The molecule has 0 saturated carbocycles. The molecule has 2 atom stereocenters. The summed E-state index contributed by atoms with van der Waals surface area (Å²) in [5.74, 6) is -6.05. The summed E-state index contributed by atoms with van der Waals surface area (Å²) in [6.07, 6.45) is 0. The number of nitrogen functional groups attached to an aromatic ring is 1. The smallest absolute Gasteiger partial charge is 0.352 e. The highest BCUT2D eigenvalue weighted by Gasteiger charge is 2.54. The molecule has 0 unspecified atom stereocenters. The van der Waals surface area contributed by atoms with Gasteiger partial charge in [-0.3, -0.25) is 19.3 Å². The fourth-order valence-corrected chi connectivity index (χ4v) is 8.83. The second-order valence-corrected chi connectivity index (χ2v) is 15.6. The third-order valence-electron chi connectivity index (χ3n) is 7.21. The van der Waals surface area contributed by atoms with Crippen LogP contribution in [0.4, 0.5) is 5.13 Å². The molecule has 2 aliphatic rings. The Labute approximate surface area is 298 Å². The number of amides is 3. The van der Waals surface area contributed by atoms with Crippen LogP contribution in [-0.4, -0.2) is 111 Å². The number of hydrogen-bond acceptors (Lipinski definition) is 18. The van der Waals surface area contributed by atoms with Crippen molar-refractivity contribution in [3.05, 3.63) is 58.1 Å². The van der Waals surface area contributed by atoms with Crippen LogP contribution in [0.15, 0.2) is 56.0 Å². The molecule has 1 saturated heterocycles. The first kappa shape index (κ1) is 35.4. The molecule has 24 heteroatoms. The number of fused-ring (bicyclic) bond motifs is 2. The van der Waals surface area contributed by atoms with E-state index in [1.807, 2.05) is 0 Å². The largest absolute Gasteiger partial charge is 0.504 e. The first-order valence-corrected chi connectivity index (χ1v) is 18.7. The average Bonchev–Trinajstić information content (AvgIpc) is 3.71. The number of thioether (sulfide) groups is 2. The Kier molecular flexibility index (Phi) is 9.49. The summed E-state index contributed by atoms with van der Waals surface area (Å²) in [6, 6.07) is 3.29. The van der Waals surface area contributed by atoms with Crippen LogP contribution in [0.2, 0.25) is 0 Å². The molecule has 0 bridgehead atoms. The number of aryl methyl sites for hydroxylation is 1. The Morgan fingerprint density at radius 3 is 2.61 bits per heavy atom. The van der Waals surface area contributed by atoms with E-state index in [0.29, 0.717) is 16.3 Å². The van der Waals surface area contributed by atoms with Crippen molar-refractivity contribution in [2.45, 2.75) is 28.3 Å². The highest BCUT2D eigenvalue weighted by molar-refractivity contribution is 8.01. The van der Waals surface area contributed by atoms with E-state index in [4.69, 9.17) is 16.3 Å². The third kappa shape index (κ3) is 6.97. The van der Waals surface area contributed by atoms with Gasteiger partial charge in [-0.05, 0) is 30.7 Å². The van der Waals surface area contributed by atoms with Gasteiger partial charge in [0.15, 0.2) is 22.3 Å². The molecule has 4 aromatic rings. The van der Waals surface area contributed by atoms with E-state index in [0.717, 1.165) is 34.4 Å². The second-order valence-electron chi connectivity index (χ2n) is 10.7. The SMILES string of the molecule is Cc1cc(SCC2=C(C(=O)O)N3C(=O)[C@@H](NC(=O)/C(=N/OCS(=O)(=O)c4ccc(O)c(O)c4)c4csc(N)n4)[C@H]3SC2)n2nc(C(N)=O)nc2n1. The number of primary amides is 1. The maximum absolute atomic E-state index is 13.4. The summed E-state index contributed by atoms with van der Waals surface area (Å²) in [5, 5.41) is 40.6. The Hall–Kier alpha value is -5.46. The summed E-state index contributed by atoms with van der Waals surface area (Å²) in [6.45, 7) is 1.70. The van der Waals surface area contributed by atoms with Crippen molar-refractivity contribution in [3.8, 4) is 11.5 Å². The zero-order valence-electron chi connectivity index (χ0n) is 25.8. The molecule has 1 fully saturated rings. The molecule has 2 aliphatic heterocycles. The van der Waals surface area contributed by atoms with Crippen molar-refractivity contribution in [1.82, 2.24) is 34.8 Å². The predicted octanol–water partition coefficient (Wildman–Crippen LogP) is -0.335. The van der Waals surface area contributed by atoms with Crippen LogP contribution < -0.4 is 16.8 Å². The number of carbonyl (C=O) groups excluding carboxylic acids is 3. The molecule has 8 N–H and O–H groups in total. The molecule has 5 heterocycles. The topological polar surface area (TPSA) is 308 Å². The number of phenolic OH excluding ortho intramolecular Hbond substituents is 2. The Bertz CT molecular complexity index is 2310. The lowest BCUT2D eigenvalue weighted by Gasteiger charge is -2.49. The molecule has 3 aromatic heterocycles. The highest BCUT2D eigenvalue weighted by atomic mass is 32.2. The van der Waals surface area contributed by atoms with Gasteiger partial charge in [-0.1, -0.05) is 5.16 Å². The number of thiazole rings is 1. The molecular formula is C27H24N10O10S4. The van der Waals surface area contributed by atoms with Gasteiger partial charge >= 0.3 is 5.97 Å². The number of β-lactam (4-membered cyclic amide) rings is 1. The Balaban J connectivity index is 1.18. The number of nitrogens with two attached hydrogens (primary N) is 2. The molecular weight excluding hydrogens is 753 g/mol. The fraction of sp³-hybridized carbons (Fsp3) is 0.222. The van der Waals surface area contributed by atoms with E-state index in [1.54, 1.807) is 13.0 Å². The zero-order valence-corrected chi connectivity index (χ0v) is 29.0. The number of oxime groups is 1. The van der Waals surface area contributed by atoms with Crippen LogP contribution in [0.25, 0.3) is 5.78 Å². The van der Waals surface area contributed by atoms with Gasteiger partial charge in [0.05, 0.1) is 4.90 Å². The number of sulfone groups is 1. The molecule has 0 radical (unpaired) electrons. The first-order chi connectivity index (χ1) is 24.1. The molecule has 51 heavy (non-hydrogen) atoms. The van der Waals surface area contributed by atoms with Gasteiger partial charge in [0.1, 0.15) is 27.8 Å². The summed E-state index contributed by atoms with van der Waals surface area (Å²) in [4.78, 5) is 68.8. The van der Waals surface area contributed by atoms with E-state index in [-0.39, 0.29) is 39.6 Å². The Morgan fingerprint density at radius 1 is 1.18 bits per heavy atom. The first-order valence-electron chi connectivity index (χ1n) is 14.2. The number of aromatic nitrogens is 5. The Morgan fingerprint density at radius 2 is 1.94 bits per heavy atom. The summed E-state index contributed by atoms with van der Waals surface area (Å²) in [5.41, 5.74) is 11.1. The standard InChI is InChI=1S/C27H24N10O10S4/c1-10-4-16(37-27(30-10)33-21(34-37)20(28)40)48-6-11-7-49-24-18(23(42)36(24)19(11)25(43)44)32-22(41)17(13-8-50-26(29)31-13)35-47-9-51(45,46)12-2-3-14(38)15(39)5-12/h2-5,8,18,24,38-39H,6-7,9H2,1H3,(H2,28,40)(H2,29,31)(H,32,41)(H,43,44)/b35-17+/t18-,24-/m1/s1. The number of carbonyl (C=O) groups is 4. The molecule has 20 nitrogen and oxygen atoms in total. The highest BCUT2D eigenvalue weighted by Crippen LogP contribution is 2.41.